The largest absolute Gasteiger partial charge is 0.345 e. The molecule has 6 nitrogen and oxygen atoms in total. The Bertz CT molecular complexity index is 461. The third kappa shape index (κ3) is 3.21. The van der Waals surface area contributed by atoms with E-state index in [1.54, 1.807) is 32.7 Å². The van der Waals surface area contributed by atoms with E-state index in [0.717, 1.165) is 12.7 Å². The zero-order chi connectivity index (χ0) is 13.7. The van der Waals surface area contributed by atoms with Gasteiger partial charge in [0.25, 0.3) is 0 Å². The molecule has 102 valence electrons. The molecule has 1 saturated heterocycles. The van der Waals surface area contributed by atoms with E-state index in [1.807, 2.05) is 0 Å². The van der Waals surface area contributed by atoms with Crippen LogP contribution in [-0.2, 0) is 16.1 Å². The van der Waals surface area contributed by atoms with E-state index < -0.39 is 0 Å². The quantitative estimate of drug-likeness (QED) is 0.702. The Balaban J connectivity index is 1.82. The SMILES string of the molecule is O=Cc1cccn1CCC(=O)N1CCN(C=O)CC1. The van der Waals surface area contributed by atoms with Crippen LogP contribution < -0.4 is 0 Å². The predicted molar refractivity (Wildman–Crippen MR) is 68.7 cm³/mol. The number of nitrogens with zero attached hydrogens (tertiary/aromatic N) is 3. The number of aromatic nitrogens is 1. The maximum Gasteiger partial charge on any atom is 0.224 e. The minimum absolute atomic E-state index is 0.0658. The maximum atomic E-state index is 12.0. The lowest BCUT2D eigenvalue weighted by molar-refractivity contribution is -0.135. The molecule has 1 fully saturated rings. The molecule has 19 heavy (non-hydrogen) atoms. The number of aldehydes is 1. The molecular formula is C13H17N3O3. The first-order valence-electron chi connectivity index (χ1n) is 6.32. The smallest absolute Gasteiger partial charge is 0.224 e. The van der Waals surface area contributed by atoms with Crippen molar-refractivity contribution in [3.8, 4) is 0 Å². The van der Waals surface area contributed by atoms with Gasteiger partial charge >= 0.3 is 0 Å². The lowest BCUT2D eigenvalue weighted by Crippen LogP contribution is -2.48. The fourth-order valence-corrected chi connectivity index (χ4v) is 2.19. The molecule has 0 aromatic carbocycles. The van der Waals surface area contributed by atoms with Gasteiger partial charge in [-0.05, 0) is 12.1 Å². The molecule has 1 aliphatic heterocycles. The second-order valence-corrected chi connectivity index (χ2v) is 4.52. The van der Waals surface area contributed by atoms with Gasteiger partial charge in [0.2, 0.25) is 12.3 Å². The molecule has 2 heterocycles. The molecule has 0 unspecified atom stereocenters. The zero-order valence-electron chi connectivity index (χ0n) is 10.7. The van der Waals surface area contributed by atoms with Gasteiger partial charge in [-0.3, -0.25) is 14.4 Å². The summed E-state index contributed by atoms with van der Waals surface area (Å²) in [7, 11) is 0. The van der Waals surface area contributed by atoms with E-state index in [1.165, 1.54) is 0 Å². The Labute approximate surface area is 111 Å². The van der Waals surface area contributed by atoms with Crippen LogP contribution in [-0.4, -0.2) is 59.1 Å². The molecule has 0 saturated carbocycles. The molecule has 1 aliphatic rings. The Morgan fingerprint density at radius 1 is 1.21 bits per heavy atom. The number of carbonyl (C=O) groups is 3. The van der Waals surface area contributed by atoms with Crippen molar-refractivity contribution in [1.82, 2.24) is 14.4 Å². The Hall–Kier alpha value is -2.11. The molecule has 6 heteroatoms. The average Bonchev–Trinajstić information content (AvgIpc) is 2.92. The van der Waals surface area contributed by atoms with Gasteiger partial charge in [0, 0.05) is 45.3 Å². The molecule has 0 spiro atoms. The fourth-order valence-electron chi connectivity index (χ4n) is 2.19. The normalized spacial score (nSPS) is 15.4. The second-order valence-electron chi connectivity index (χ2n) is 4.52. The van der Waals surface area contributed by atoms with Crippen LogP contribution >= 0.6 is 0 Å². The van der Waals surface area contributed by atoms with Crippen LogP contribution in [0.5, 0.6) is 0 Å². The predicted octanol–water partition coefficient (Wildman–Crippen LogP) is -0.00870. The van der Waals surface area contributed by atoms with Crippen molar-refractivity contribution in [2.45, 2.75) is 13.0 Å². The molecule has 0 N–H and O–H groups in total. The highest BCUT2D eigenvalue weighted by Gasteiger charge is 2.19. The molecule has 1 aromatic rings. The third-order valence-electron chi connectivity index (χ3n) is 3.37. The summed E-state index contributed by atoms with van der Waals surface area (Å²) in [6.45, 7) is 2.87. The number of hydrogen-bond donors (Lipinski definition) is 0. The standard InChI is InChI=1S/C13H17N3O3/c17-10-12-2-1-4-15(12)5-3-13(19)16-8-6-14(11-18)7-9-16/h1-2,4,10-11H,3,5-9H2. The van der Waals surface area contributed by atoms with E-state index >= 15 is 0 Å². The van der Waals surface area contributed by atoms with Crippen LogP contribution in [0.4, 0.5) is 0 Å². The van der Waals surface area contributed by atoms with Crippen molar-refractivity contribution < 1.29 is 14.4 Å². The highest BCUT2D eigenvalue weighted by Crippen LogP contribution is 2.05. The van der Waals surface area contributed by atoms with E-state index in [9.17, 15) is 14.4 Å². The van der Waals surface area contributed by atoms with Crippen molar-refractivity contribution in [2.24, 2.45) is 0 Å². The topological polar surface area (TPSA) is 62.6 Å². The van der Waals surface area contributed by atoms with Gasteiger partial charge in [0.05, 0.1) is 5.69 Å². The Morgan fingerprint density at radius 2 is 1.95 bits per heavy atom. The number of aryl methyl sites for hydroxylation is 1. The van der Waals surface area contributed by atoms with Crippen LogP contribution in [0.3, 0.4) is 0 Å². The number of piperazine rings is 1. The van der Waals surface area contributed by atoms with Crippen LogP contribution in [0.1, 0.15) is 16.9 Å². The zero-order valence-corrected chi connectivity index (χ0v) is 10.7. The van der Waals surface area contributed by atoms with Gasteiger partial charge in [-0.25, -0.2) is 0 Å². The van der Waals surface area contributed by atoms with Crippen molar-refractivity contribution in [3.63, 3.8) is 0 Å². The molecule has 0 atom stereocenters. The number of hydrogen-bond acceptors (Lipinski definition) is 3. The minimum atomic E-state index is 0.0658. The van der Waals surface area contributed by atoms with Crippen molar-refractivity contribution in [1.29, 1.82) is 0 Å². The van der Waals surface area contributed by atoms with Gasteiger partial charge in [-0.2, -0.15) is 0 Å². The third-order valence-corrected chi connectivity index (χ3v) is 3.37. The van der Waals surface area contributed by atoms with E-state index in [2.05, 4.69) is 0 Å². The molecular weight excluding hydrogens is 246 g/mol. The summed E-state index contributed by atoms with van der Waals surface area (Å²) in [6, 6.07) is 3.51. The van der Waals surface area contributed by atoms with Crippen molar-refractivity contribution in [2.75, 3.05) is 26.2 Å². The molecule has 0 aliphatic carbocycles. The second kappa shape index (κ2) is 6.17. The van der Waals surface area contributed by atoms with E-state index in [4.69, 9.17) is 0 Å². The van der Waals surface area contributed by atoms with Gasteiger partial charge in [0.1, 0.15) is 0 Å². The lowest BCUT2D eigenvalue weighted by Gasteiger charge is -2.32. The first kappa shape index (κ1) is 13.3. The highest BCUT2D eigenvalue weighted by molar-refractivity contribution is 5.77. The number of rotatable bonds is 5. The number of amides is 2. The van der Waals surface area contributed by atoms with Crippen LogP contribution in [0, 0.1) is 0 Å². The molecule has 2 rings (SSSR count). The van der Waals surface area contributed by atoms with Gasteiger partial charge < -0.3 is 14.4 Å². The van der Waals surface area contributed by atoms with Gasteiger partial charge in [0.15, 0.2) is 6.29 Å². The lowest BCUT2D eigenvalue weighted by atomic mass is 10.3. The van der Waals surface area contributed by atoms with E-state index in [-0.39, 0.29) is 5.91 Å². The number of carbonyl (C=O) groups excluding carboxylic acids is 3. The molecule has 1 aromatic heterocycles. The first-order chi connectivity index (χ1) is 9.24. The molecule has 0 radical (unpaired) electrons. The summed E-state index contributed by atoms with van der Waals surface area (Å²) >= 11 is 0. The van der Waals surface area contributed by atoms with Crippen molar-refractivity contribution >= 4 is 18.6 Å². The summed E-state index contributed by atoms with van der Waals surface area (Å²) in [6.07, 6.45) is 3.77. The summed E-state index contributed by atoms with van der Waals surface area (Å²) in [5, 5.41) is 0. The van der Waals surface area contributed by atoms with Crippen molar-refractivity contribution in [3.05, 3.63) is 24.0 Å². The minimum Gasteiger partial charge on any atom is -0.345 e. The summed E-state index contributed by atoms with van der Waals surface area (Å²) in [5.74, 6) is 0.0658. The van der Waals surface area contributed by atoms with Gasteiger partial charge in [-0.1, -0.05) is 0 Å². The Kier molecular flexibility index (Phi) is 4.33. The molecule has 2 amide bonds. The summed E-state index contributed by atoms with van der Waals surface area (Å²) < 4.78 is 1.77. The maximum absolute atomic E-state index is 12.0. The molecule has 0 bridgehead atoms. The summed E-state index contributed by atoms with van der Waals surface area (Å²) in [4.78, 5) is 36.8. The van der Waals surface area contributed by atoms with E-state index in [0.29, 0.717) is 44.8 Å². The Morgan fingerprint density at radius 3 is 2.58 bits per heavy atom. The van der Waals surface area contributed by atoms with Crippen LogP contribution in [0.15, 0.2) is 18.3 Å². The van der Waals surface area contributed by atoms with Gasteiger partial charge in [-0.15, -0.1) is 0 Å². The van der Waals surface area contributed by atoms with Crippen LogP contribution in [0.25, 0.3) is 0 Å². The highest BCUT2D eigenvalue weighted by atomic mass is 16.2. The van der Waals surface area contributed by atoms with Crippen LogP contribution in [0.2, 0.25) is 0 Å². The fraction of sp³-hybridized carbons (Fsp3) is 0.462. The summed E-state index contributed by atoms with van der Waals surface area (Å²) in [5.41, 5.74) is 0.582. The average molecular weight is 263 g/mol. The monoisotopic (exact) mass is 263 g/mol. The first-order valence-corrected chi connectivity index (χ1v) is 6.32.